The van der Waals surface area contributed by atoms with Gasteiger partial charge in [0.25, 0.3) is 0 Å². The van der Waals surface area contributed by atoms with Crippen molar-refractivity contribution in [1.29, 1.82) is 0 Å². The molecule has 0 saturated carbocycles. The van der Waals surface area contributed by atoms with E-state index in [1.807, 2.05) is 22.6 Å². The fraction of sp³-hybridized carbons (Fsp3) is 0.500. The number of pyridine rings is 1. The number of rotatable bonds is 3. The van der Waals surface area contributed by atoms with E-state index >= 15 is 0 Å². The number of fused-ring (bicyclic) bond motifs is 1. The fourth-order valence-corrected chi connectivity index (χ4v) is 4.48. The summed E-state index contributed by atoms with van der Waals surface area (Å²) in [6, 6.07) is 5.63. The van der Waals surface area contributed by atoms with E-state index in [9.17, 15) is 8.42 Å². The molecule has 7 heteroatoms. The molecule has 19 heavy (non-hydrogen) atoms. The molecule has 0 radical (unpaired) electrons. The molecule has 2 N–H and O–H groups in total. The summed E-state index contributed by atoms with van der Waals surface area (Å²) in [7, 11) is -2.96. The van der Waals surface area contributed by atoms with Crippen molar-refractivity contribution in [2.24, 2.45) is 5.73 Å². The molecule has 1 atom stereocenters. The van der Waals surface area contributed by atoms with Crippen molar-refractivity contribution >= 4 is 15.5 Å². The van der Waals surface area contributed by atoms with E-state index < -0.39 is 9.84 Å². The minimum Gasteiger partial charge on any atom is -0.325 e. The van der Waals surface area contributed by atoms with Gasteiger partial charge in [0, 0.05) is 18.7 Å². The standard InChI is InChI=1S/C12H16N4O2S/c13-8-9-3-1-5-11-14-15-12(16(9)11)7-10-4-2-6-19(10,17)18/h1,3,5,10H,2,4,6-8,13H2. The normalized spacial score (nSPS) is 22.1. The molecule has 1 fully saturated rings. The fourth-order valence-electron chi connectivity index (χ4n) is 2.65. The zero-order valence-electron chi connectivity index (χ0n) is 10.5. The van der Waals surface area contributed by atoms with Gasteiger partial charge in [-0.05, 0) is 25.0 Å². The summed E-state index contributed by atoms with van der Waals surface area (Å²) in [5.74, 6) is 0.976. The Kier molecular flexibility index (Phi) is 3.02. The first kappa shape index (κ1) is 12.6. The summed E-state index contributed by atoms with van der Waals surface area (Å²) in [6.45, 7) is 0.375. The molecule has 2 aromatic heterocycles. The minimum absolute atomic E-state index is 0.290. The molecule has 1 aliphatic rings. The maximum Gasteiger partial charge on any atom is 0.161 e. The maximum absolute atomic E-state index is 11.9. The van der Waals surface area contributed by atoms with E-state index in [0.717, 1.165) is 12.1 Å². The van der Waals surface area contributed by atoms with Gasteiger partial charge in [0.1, 0.15) is 5.82 Å². The predicted molar refractivity (Wildman–Crippen MR) is 71.4 cm³/mol. The van der Waals surface area contributed by atoms with Crippen LogP contribution in [0, 0.1) is 0 Å². The van der Waals surface area contributed by atoms with Crippen LogP contribution in [-0.4, -0.2) is 34.0 Å². The molecule has 0 aromatic carbocycles. The average Bonchev–Trinajstić information content (AvgIpc) is 2.94. The predicted octanol–water partition coefficient (Wildman–Crippen LogP) is 0.308. The van der Waals surface area contributed by atoms with Crippen molar-refractivity contribution in [1.82, 2.24) is 14.6 Å². The average molecular weight is 280 g/mol. The molecule has 1 unspecified atom stereocenters. The third-order valence-corrected chi connectivity index (χ3v) is 5.93. The van der Waals surface area contributed by atoms with E-state index in [4.69, 9.17) is 5.73 Å². The van der Waals surface area contributed by atoms with E-state index in [1.54, 1.807) is 0 Å². The minimum atomic E-state index is -2.96. The van der Waals surface area contributed by atoms with Crippen LogP contribution in [0.4, 0.5) is 0 Å². The Hall–Kier alpha value is -1.47. The highest BCUT2D eigenvalue weighted by atomic mass is 32.2. The number of nitrogens with two attached hydrogens (primary N) is 1. The van der Waals surface area contributed by atoms with Crippen LogP contribution in [0.25, 0.3) is 5.65 Å². The summed E-state index contributed by atoms with van der Waals surface area (Å²) < 4.78 is 25.7. The van der Waals surface area contributed by atoms with Crippen LogP contribution < -0.4 is 5.73 Å². The van der Waals surface area contributed by atoms with Crippen molar-refractivity contribution in [2.45, 2.75) is 31.1 Å². The van der Waals surface area contributed by atoms with E-state index in [0.29, 0.717) is 30.9 Å². The van der Waals surface area contributed by atoms with Crippen molar-refractivity contribution in [3.63, 3.8) is 0 Å². The smallest absolute Gasteiger partial charge is 0.161 e. The summed E-state index contributed by atoms with van der Waals surface area (Å²) >= 11 is 0. The molecular formula is C12H16N4O2S. The number of hydrogen-bond donors (Lipinski definition) is 1. The highest BCUT2D eigenvalue weighted by Gasteiger charge is 2.32. The third kappa shape index (κ3) is 2.12. The highest BCUT2D eigenvalue weighted by Crippen LogP contribution is 2.23. The molecule has 0 bridgehead atoms. The molecule has 2 aromatic rings. The molecule has 102 valence electrons. The maximum atomic E-state index is 11.9. The van der Waals surface area contributed by atoms with Gasteiger partial charge >= 0.3 is 0 Å². The Morgan fingerprint density at radius 2 is 2.21 bits per heavy atom. The van der Waals surface area contributed by atoms with E-state index in [-0.39, 0.29) is 11.0 Å². The van der Waals surface area contributed by atoms with Crippen molar-refractivity contribution in [2.75, 3.05) is 5.75 Å². The van der Waals surface area contributed by atoms with Crippen molar-refractivity contribution in [3.05, 3.63) is 29.7 Å². The number of sulfone groups is 1. The van der Waals surface area contributed by atoms with Gasteiger partial charge < -0.3 is 5.73 Å². The molecule has 3 heterocycles. The highest BCUT2D eigenvalue weighted by molar-refractivity contribution is 7.92. The van der Waals surface area contributed by atoms with Crippen LogP contribution in [0.5, 0.6) is 0 Å². The SMILES string of the molecule is NCc1cccc2nnc(CC3CCCS3(=O)=O)n12. The second-order valence-corrected chi connectivity index (χ2v) is 7.27. The molecule has 3 rings (SSSR count). The van der Waals surface area contributed by atoms with Gasteiger partial charge in [-0.1, -0.05) is 6.07 Å². The molecule has 0 spiro atoms. The second-order valence-electron chi connectivity index (χ2n) is 4.87. The largest absolute Gasteiger partial charge is 0.325 e. The third-order valence-electron chi connectivity index (χ3n) is 3.66. The summed E-state index contributed by atoms with van der Waals surface area (Å²) in [4.78, 5) is 0. The van der Waals surface area contributed by atoms with Gasteiger partial charge in [-0.25, -0.2) is 8.42 Å². The summed E-state index contributed by atoms with van der Waals surface area (Å²) in [5, 5.41) is 7.88. The Labute approximate surface area is 111 Å². The summed E-state index contributed by atoms with van der Waals surface area (Å²) in [5.41, 5.74) is 7.32. The van der Waals surface area contributed by atoms with Crippen LogP contribution in [0.1, 0.15) is 24.4 Å². The lowest BCUT2D eigenvalue weighted by molar-refractivity contribution is 0.585. The van der Waals surface area contributed by atoms with Gasteiger partial charge in [0.2, 0.25) is 0 Å². The van der Waals surface area contributed by atoms with Crippen LogP contribution in [-0.2, 0) is 22.8 Å². The van der Waals surface area contributed by atoms with Gasteiger partial charge in [-0.3, -0.25) is 4.40 Å². The second kappa shape index (κ2) is 4.57. The molecule has 6 nitrogen and oxygen atoms in total. The molecule has 0 amide bonds. The Bertz CT molecular complexity index is 708. The lowest BCUT2D eigenvalue weighted by Crippen LogP contribution is -2.20. The monoisotopic (exact) mass is 280 g/mol. The number of nitrogens with zero attached hydrogens (tertiary/aromatic N) is 3. The van der Waals surface area contributed by atoms with Crippen molar-refractivity contribution in [3.8, 4) is 0 Å². The van der Waals surface area contributed by atoms with Crippen LogP contribution >= 0.6 is 0 Å². The Morgan fingerprint density at radius 3 is 2.89 bits per heavy atom. The summed E-state index contributed by atoms with van der Waals surface area (Å²) in [6.07, 6.45) is 1.87. The van der Waals surface area contributed by atoms with Crippen LogP contribution in [0.3, 0.4) is 0 Å². The zero-order valence-corrected chi connectivity index (χ0v) is 11.3. The van der Waals surface area contributed by atoms with E-state index in [1.165, 1.54) is 0 Å². The van der Waals surface area contributed by atoms with Crippen LogP contribution in [0.15, 0.2) is 18.2 Å². The molecular weight excluding hydrogens is 264 g/mol. The van der Waals surface area contributed by atoms with Gasteiger partial charge in [0.15, 0.2) is 15.5 Å². The topological polar surface area (TPSA) is 90.3 Å². The van der Waals surface area contributed by atoms with E-state index in [2.05, 4.69) is 10.2 Å². The number of hydrogen-bond acceptors (Lipinski definition) is 5. The van der Waals surface area contributed by atoms with Crippen LogP contribution in [0.2, 0.25) is 0 Å². The Morgan fingerprint density at radius 1 is 1.37 bits per heavy atom. The van der Waals surface area contributed by atoms with Crippen molar-refractivity contribution < 1.29 is 8.42 Å². The molecule has 0 aliphatic carbocycles. The van der Waals surface area contributed by atoms with Gasteiger partial charge in [-0.15, -0.1) is 10.2 Å². The van der Waals surface area contributed by atoms with Gasteiger partial charge in [0.05, 0.1) is 11.0 Å². The quantitative estimate of drug-likeness (QED) is 0.873. The molecule has 1 saturated heterocycles. The zero-order chi connectivity index (χ0) is 13.5. The van der Waals surface area contributed by atoms with Gasteiger partial charge in [-0.2, -0.15) is 0 Å². The first-order chi connectivity index (χ1) is 9.12. The number of aromatic nitrogens is 3. The lowest BCUT2D eigenvalue weighted by atomic mass is 10.2. The first-order valence-corrected chi connectivity index (χ1v) is 8.07. The Balaban J connectivity index is 2.02. The molecule has 1 aliphatic heterocycles. The first-order valence-electron chi connectivity index (χ1n) is 6.35. The lowest BCUT2D eigenvalue weighted by Gasteiger charge is -2.09.